The average Bonchev–Trinajstić information content (AvgIpc) is 3.57. The van der Waals surface area contributed by atoms with E-state index >= 15 is 0 Å². The second kappa shape index (κ2) is 9.98. The van der Waals surface area contributed by atoms with Crippen molar-refractivity contribution in [2.45, 2.75) is 45.4 Å². The summed E-state index contributed by atoms with van der Waals surface area (Å²) in [5.74, 6) is 2.00. The van der Waals surface area contributed by atoms with Gasteiger partial charge in [0, 0.05) is 35.4 Å². The van der Waals surface area contributed by atoms with Crippen molar-refractivity contribution in [1.29, 1.82) is 0 Å². The Kier molecular flexibility index (Phi) is 6.58. The minimum absolute atomic E-state index is 0.221. The van der Waals surface area contributed by atoms with Crippen molar-refractivity contribution in [3.63, 3.8) is 0 Å². The van der Waals surface area contributed by atoms with Gasteiger partial charge in [-0.25, -0.2) is 4.68 Å². The van der Waals surface area contributed by atoms with Gasteiger partial charge in [-0.1, -0.05) is 6.07 Å². The van der Waals surface area contributed by atoms with Crippen LogP contribution in [-0.4, -0.2) is 42.2 Å². The van der Waals surface area contributed by atoms with E-state index in [-0.39, 0.29) is 5.56 Å². The van der Waals surface area contributed by atoms with Crippen LogP contribution in [0.5, 0.6) is 5.75 Å². The van der Waals surface area contributed by atoms with Crippen molar-refractivity contribution in [3.05, 3.63) is 100 Å². The molecule has 1 aromatic carbocycles. The summed E-state index contributed by atoms with van der Waals surface area (Å²) in [4.78, 5) is 23.1. The first-order valence-corrected chi connectivity index (χ1v) is 12.0. The zero-order chi connectivity index (χ0) is 26.0. The minimum Gasteiger partial charge on any atom is -0.497 e. The first-order chi connectivity index (χ1) is 17.8. The molecule has 4 heterocycles. The number of fused-ring (bicyclic) bond motifs is 1. The Balaban J connectivity index is 1.73. The van der Waals surface area contributed by atoms with Crippen molar-refractivity contribution in [2.24, 2.45) is 0 Å². The lowest BCUT2D eigenvalue weighted by Gasteiger charge is -2.32. The lowest BCUT2D eigenvalue weighted by Crippen LogP contribution is -2.37. The molecule has 0 fully saturated rings. The second-order valence-corrected chi connectivity index (χ2v) is 9.87. The number of aromatic nitrogens is 6. The van der Waals surface area contributed by atoms with E-state index in [0.29, 0.717) is 35.7 Å². The predicted octanol–water partition coefficient (Wildman–Crippen LogP) is 4.06. The van der Waals surface area contributed by atoms with Crippen LogP contribution in [0.15, 0.2) is 76.4 Å². The molecule has 37 heavy (non-hydrogen) atoms. The molecule has 0 aliphatic heterocycles. The molecule has 5 aromatic rings. The fourth-order valence-electron chi connectivity index (χ4n) is 4.44. The molecule has 1 N–H and O–H groups in total. The number of furan rings is 1. The summed E-state index contributed by atoms with van der Waals surface area (Å²) < 4.78 is 12.9. The molecule has 0 aliphatic carbocycles. The lowest BCUT2D eigenvalue weighted by molar-refractivity contribution is 0.171. The highest BCUT2D eigenvalue weighted by molar-refractivity contribution is 5.80. The van der Waals surface area contributed by atoms with Gasteiger partial charge in [0.05, 0.1) is 25.5 Å². The average molecular weight is 500 g/mol. The topological polar surface area (TPSA) is 115 Å². The molecule has 4 aromatic heterocycles. The first-order valence-electron chi connectivity index (χ1n) is 12.0. The third kappa shape index (κ3) is 5.14. The van der Waals surface area contributed by atoms with Crippen LogP contribution in [0.3, 0.4) is 0 Å². The van der Waals surface area contributed by atoms with Gasteiger partial charge in [0.25, 0.3) is 5.56 Å². The summed E-state index contributed by atoms with van der Waals surface area (Å²) >= 11 is 0. The third-order valence-corrected chi connectivity index (χ3v) is 6.16. The van der Waals surface area contributed by atoms with Crippen LogP contribution in [0.2, 0.25) is 0 Å². The Morgan fingerprint density at radius 2 is 2.00 bits per heavy atom. The van der Waals surface area contributed by atoms with Gasteiger partial charge in [-0.3, -0.25) is 14.7 Å². The zero-order valence-corrected chi connectivity index (χ0v) is 21.3. The van der Waals surface area contributed by atoms with E-state index < -0.39 is 11.6 Å². The number of methoxy groups -OCH3 is 1. The number of H-pyrrole nitrogens is 1. The number of ether oxygens (including phenoxy) is 1. The minimum atomic E-state index is -0.598. The molecule has 0 saturated carbocycles. The molecular weight excluding hydrogens is 470 g/mol. The molecule has 0 bridgehead atoms. The van der Waals surface area contributed by atoms with Crippen molar-refractivity contribution in [3.8, 4) is 5.75 Å². The molecule has 0 saturated heterocycles. The number of rotatable bonds is 8. The van der Waals surface area contributed by atoms with E-state index in [4.69, 9.17) is 9.15 Å². The van der Waals surface area contributed by atoms with Crippen LogP contribution >= 0.6 is 0 Å². The third-order valence-electron chi connectivity index (χ3n) is 6.16. The number of hydrogen-bond acceptors (Lipinski definition) is 8. The summed E-state index contributed by atoms with van der Waals surface area (Å²) in [7, 11) is 1.62. The molecule has 0 unspecified atom stereocenters. The summed E-state index contributed by atoms with van der Waals surface area (Å²) in [6, 6.07) is 14.5. The number of pyridine rings is 2. The zero-order valence-electron chi connectivity index (χ0n) is 21.3. The number of nitrogens with zero attached hydrogens (tertiary/aromatic N) is 6. The summed E-state index contributed by atoms with van der Waals surface area (Å²) in [5, 5.41) is 13.6. The van der Waals surface area contributed by atoms with Gasteiger partial charge < -0.3 is 14.1 Å². The van der Waals surface area contributed by atoms with Crippen LogP contribution in [-0.2, 0) is 18.6 Å². The maximum Gasteiger partial charge on any atom is 0.253 e. The Morgan fingerprint density at radius 3 is 2.70 bits per heavy atom. The van der Waals surface area contributed by atoms with E-state index in [1.165, 1.54) is 0 Å². The molecule has 10 nitrogen and oxygen atoms in total. The van der Waals surface area contributed by atoms with Crippen molar-refractivity contribution in [2.75, 3.05) is 7.11 Å². The van der Waals surface area contributed by atoms with Crippen molar-refractivity contribution < 1.29 is 9.15 Å². The highest BCUT2D eigenvalue weighted by Crippen LogP contribution is 2.32. The van der Waals surface area contributed by atoms with Crippen LogP contribution in [0.1, 0.15) is 49.5 Å². The molecule has 10 heteroatoms. The summed E-state index contributed by atoms with van der Waals surface area (Å²) in [5.41, 5.74) is 1.56. The summed E-state index contributed by atoms with van der Waals surface area (Å²) in [6.45, 7) is 6.97. The normalized spacial score (nSPS) is 12.8. The van der Waals surface area contributed by atoms with Crippen LogP contribution in [0.25, 0.3) is 10.9 Å². The Hall–Kier alpha value is -4.31. The van der Waals surface area contributed by atoms with Crippen LogP contribution in [0.4, 0.5) is 0 Å². The molecule has 0 spiro atoms. The number of benzene rings is 1. The largest absolute Gasteiger partial charge is 0.497 e. The van der Waals surface area contributed by atoms with Gasteiger partial charge in [0.15, 0.2) is 5.82 Å². The molecule has 1 atom stereocenters. The van der Waals surface area contributed by atoms with E-state index in [2.05, 4.69) is 30.4 Å². The molecule has 0 aliphatic rings. The van der Waals surface area contributed by atoms with Crippen LogP contribution in [0, 0.1) is 0 Å². The lowest BCUT2D eigenvalue weighted by atomic mass is 10.0. The number of nitrogens with one attached hydrogen (secondary N) is 1. The van der Waals surface area contributed by atoms with Gasteiger partial charge in [-0.2, -0.15) is 0 Å². The Bertz CT molecular complexity index is 1540. The Labute approximate surface area is 213 Å². The highest BCUT2D eigenvalue weighted by atomic mass is 16.5. The Morgan fingerprint density at radius 1 is 1.14 bits per heavy atom. The van der Waals surface area contributed by atoms with E-state index in [1.54, 1.807) is 24.3 Å². The fraction of sp³-hybridized carbons (Fsp3) is 0.296. The molecular formula is C27H29N7O3. The molecule has 5 rings (SSSR count). The monoisotopic (exact) mass is 499 g/mol. The number of tetrazole rings is 1. The van der Waals surface area contributed by atoms with E-state index in [9.17, 15) is 4.79 Å². The van der Waals surface area contributed by atoms with Gasteiger partial charge >= 0.3 is 0 Å². The standard InChI is InChI=1S/C27H29N7O3/c1-27(2,3)34-25(30-31-32-34)24(22-14-19-13-20(36-4)9-10-23(19)29-26(22)35)33(17-21-8-6-12-37-21)16-18-7-5-11-28-15-18/h5-15,24H,16-17H2,1-4H3,(H,29,35)/t24-/m1/s1. The maximum atomic E-state index is 13.6. The predicted molar refractivity (Wildman–Crippen MR) is 138 cm³/mol. The number of hydrogen-bond donors (Lipinski definition) is 1. The molecule has 190 valence electrons. The van der Waals surface area contributed by atoms with Crippen LogP contribution < -0.4 is 10.3 Å². The smallest absolute Gasteiger partial charge is 0.253 e. The second-order valence-electron chi connectivity index (χ2n) is 9.87. The number of aromatic amines is 1. The van der Waals surface area contributed by atoms with Crippen molar-refractivity contribution in [1.82, 2.24) is 35.1 Å². The molecule has 0 radical (unpaired) electrons. The first kappa shape index (κ1) is 24.4. The highest BCUT2D eigenvalue weighted by Gasteiger charge is 2.34. The molecule has 0 amide bonds. The maximum absolute atomic E-state index is 13.6. The van der Waals surface area contributed by atoms with Gasteiger partial charge in [-0.15, -0.1) is 5.10 Å². The quantitative estimate of drug-likeness (QED) is 0.340. The van der Waals surface area contributed by atoms with Crippen molar-refractivity contribution >= 4 is 10.9 Å². The van der Waals surface area contributed by atoms with Gasteiger partial charge in [0.1, 0.15) is 17.6 Å². The van der Waals surface area contributed by atoms with Gasteiger partial charge in [-0.05, 0) is 79.2 Å². The van der Waals surface area contributed by atoms with E-state index in [0.717, 1.165) is 16.7 Å². The SMILES string of the molecule is COc1ccc2[nH]c(=O)c([C@H](c3nnnn3C(C)(C)C)N(Cc3cccnc3)Cc3ccco3)cc2c1. The fourth-order valence-corrected chi connectivity index (χ4v) is 4.44. The van der Waals surface area contributed by atoms with Gasteiger partial charge in [0.2, 0.25) is 0 Å². The van der Waals surface area contributed by atoms with E-state index in [1.807, 2.05) is 75.5 Å². The summed E-state index contributed by atoms with van der Waals surface area (Å²) in [6.07, 6.45) is 5.19.